The minimum Gasteiger partial charge on any atom is -0.131 e. The highest BCUT2D eigenvalue weighted by molar-refractivity contribution is 7.19. The van der Waals surface area contributed by atoms with Gasteiger partial charge in [-0.15, -0.1) is 9.24 Å². The summed E-state index contributed by atoms with van der Waals surface area (Å²) >= 11 is 0. The first-order valence-electron chi connectivity index (χ1n) is 17.4. The zero-order chi connectivity index (χ0) is 26.6. The van der Waals surface area contributed by atoms with Crippen molar-refractivity contribution < 1.29 is 0 Å². The van der Waals surface area contributed by atoms with E-state index in [1.54, 1.807) is 0 Å². The Morgan fingerprint density at radius 3 is 0.917 bits per heavy atom. The van der Waals surface area contributed by atoms with Crippen molar-refractivity contribution in [2.45, 2.75) is 219 Å². The van der Waals surface area contributed by atoms with Gasteiger partial charge in [0.25, 0.3) is 0 Å². The van der Waals surface area contributed by atoms with E-state index in [9.17, 15) is 0 Å². The second-order valence-electron chi connectivity index (χ2n) is 12.4. The molecule has 2 unspecified atom stereocenters. The number of unbranched alkanes of at least 4 members (excludes halogenated alkanes) is 21. The van der Waals surface area contributed by atoms with Gasteiger partial charge in [-0.25, -0.2) is 0 Å². The fourth-order valence-electron chi connectivity index (χ4n) is 6.24. The fourth-order valence-corrected chi connectivity index (χ4v) is 6.98. The molecule has 0 saturated heterocycles. The lowest BCUT2D eigenvalue weighted by atomic mass is 9.77. The first kappa shape index (κ1) is 36.4. The summed E-state index contributed by atoms with van der Waals surface area (Å²) in [6, 6.07) is 0. The summed E-state index contributed by atoms with van der Waals surface area (Å²) in [6.45, 7) is 9.35. The summed E-state index contributed by atoms with van der Waals surface area (Å²) in [6.07, 6.45) is 42.1. The van der Waals surface area contributed by atoms with Crippen LogP contribution in [0.3, 0.4) is 0 Å². The third-order valence-corrected chi connectivity index (χ3v) is 9.92. The van der Waals surface area contributed by atoms with Crippen LogP contribution in [-0.4, -0.2) is 5.16 Å². The molecule has 0 rings (SSSR count). The highest BCUT2D eigenvalue weighted by Crippen LogP contribution is 2.44. The summed E-state index contributed by atoms with van der Waals surface area (Å²) in [5.74, 6) is 0.940. The Kier molecular flexibility index (Phi) is 28.8. The Hall–Kier alpha value is 0.430. The van der Waals surface area contributed by atoms with Gasteiger partial charge in [0.15, 0.2) is 0 Å². The maximum atomic E-state index is 3.53. The molecule has 0 heterocycles. The van der Waals surface area contributed by atoms with E-state index in [0.29, 0.717) is 5.16 Å². The van der Waals surface area contributed by atoms with E-state index in [4.69, 9.17) is 0 Å². The minimum absolute atomic E-state index is 0.515. The van der Waals surface area contributed by atoms with E-state index in [0.717, 1.165) is 5.92 Å². The van der Waals surface area contributed by atoms with E-state index < -0.39 is 0 Å². The van der Waals surface area contributed by atoms with Crippen LogP contribution >= 0.6 is 9.24 Å². The summed E-state index contributed by atoms with van der Waals surface area (Å²) in [4.78, 5) is 0. The van der Waals surface area contributed by atoms with Crippen LogP contribution in [0.2, 0.25) is 0 Å². The molecule has 36 heavy (non-hydrogen) atoms. The van der Waals surface area contributed by atoms with E-state index >= 15 is 0 Å². The van der Waals surface area contributed by atoms with Crippen LogP contribution in [-0.2, 0) is 0 Å². The van der Waals surface area contributed by atoms with Crippen molar-refractivity contribution in [2.24, 2.45) is 5.92 Å². The first-order chi connectivity index (χ1) is 17.6. The zero-order valence-electron chi connectivity index (χ0n) is 26.2. The third kappa shape index (κ3) is 22.4. The number of hydrogen-bond donors (Lipinski definition) is 0. The van der Waals surface area contributed by atoms with Gasteiger partial charge in [0.2, 0.25) is 0 Å². The standard InChI is InChI=1S/C35H73P/c1-5-9-13-17-21-23-27-31-34(30-26-22-18-14-10-6-2)35(36,32-28-24-19-15-11-7-3)33-29-25-20-16-12-8-4/h34H,5-33,36H2,1-4H3. The van der Waals surface area contributed by atoms with Crippen molar-refractivity contribution in [1.29, 1.82) is 0 Å². The Bertz CT molecular complexity index is 387. The minimum atomic E-state index is 0.515. The number of rotatable bonds is 30. The molecule has 0 aromatic heterocycles. The fraction of sp³-hybridized carbons (Fsp3) is 1.00. The van der Waals surface area contributed by atoms with Crippen molar-refractivity contribution in [2.75, 3.05) is 0 Å². The van der Waals surface area contributed by atoms with Gasteiger partial charge in [0.1, 0.15) is 0 Å². The van der Waals surface area contributed by atoms with Gasteiger partial charge in [-0.2, -0.15) is 0 Å². The van der Waals surface area contributed by atoms with Crippen LogP contribution in [0.1, 0.15) is 214 Å². The molecule has 0 bridgehead atoms. The Balaban J connectivity index is 4.90. The molecule has 0 fully saturated rings. The van der Waals surface area contributed by atoms with Crippen molar-refractivity contribution in [3.63, 3.8) is 0 Å². The highest BCUT2D eigenvalue weighted by atomic mass is 31.0. The van der Waals surface area contributed by atoms with Gasteiger partial charge >= 0.3 is 0 Å². The van der Waals surface area contributed by atoms with Gasteiger partial charge in [-0.05, 0) is 36.8 Å². The van der Waals surface area contributed by atoms with Crippen molar-refractivity contribution in [1.82, 2.24) is 0 Å². The maximum absolute atomic E-state index is 3.53. The predicted octanol–water partition coefficient (Wildman–Crippen LogP) is 13.6. The van der Waals surface area contributed by atoms with Gasteiger partial charge in [-0.3, -0.25) is 0 Å². The van der Waals surface area contributed by atoms with Gasteiger partial charge in [-0.1, -0.05) is 188 Å². The van der Waals surface area contributed by atoms with Crippen molar-refractivity contribution >= 4 is 9.24 Å². The molecule has 0 N–H and O–H groups in total. The van der Waals surface area contributed by atoms with Crippen LogP contribution in [0.25, 0.3) is 0 Å². The molecule has 0 aliphatic rings. The molecule has 0 amide bonds. The second kappa shape index (κ2) is 28.4. The topological polar surface area (TPSA) is 0 Å². The van der Waals surface area contributed by atoms with Gasteiger partial charge in [0, 0.05) is 0 Å². The van der Waals surface area contributed by atoms with Crippen LogP contribution in [0.4, 0.5) is 0 Å². The van der Waals surface area contributed by atoms with E-state index in [2.05, 4.69) is 36.9 Å². The number of hydrogen-bond acceptors (Lipinski definition) is 0. The van der Waals surface area contributed by atoms with Crippen LogP contribution < -0.4 is 0 Å². The lowest BCUT2D eigenvalue weighted by molar-refractivity contribution is 0.269. The second-order valence-corrected chi connectivity index (χ2v) is 13.6. The molecular weight excluding hydrogens is 451 g/mol. The van der Waals surface area contributed by atoms with Crippen LogP contribution in [0.5, 0.6) is 0 Å². The molecule has 0 aliphatic heterocycles. The van der Waals surface area contributed by atoms with Gasteiger partial charge in [0.05, 0.1) is 0 Å². The Labute approximate surface area is 233 Å². The summed E-state index contributed by atoms with van der Waals surface area (Å²) in [5, 5.41) is 0.515. The highest BCUT2D eigenvalue weighted by Gasteiger charge is 2.32. The lowest BCUT2D eigenvalue weighted by Crippen LogP contribution is -2.32. The monoisotopic (exact) mass is 525 g/mol. The molecule has 2 atom stereocenters. The van der Waals surface area contributed by atoms with Crippen molar-refractivity contribution in [3.05, 3.63) is 0 Å². The van der Waals surface area contributed by atoms with Gasteiger partial charge < -0.3 is 0 Å². The predicted molar refractivity (Wildman–Crippen MR) is 173 cm³/mol. The van der Waals surface area contributed by atoms with E-state index in [1.165, 1.54) is 186 Å². The Morgan fingerprint density at radius 1 is 0.361 bits per heavy atom. The Morgan fingerprint density at radius 2 is 0.611 bits per heavy atom. The van der Waals surface area contributed by atoms with Crippen molar-refractivity contribution in [3.8, 4) is 0 Å². The third-order valence-electron chi connectivity index (χ3n) is 8.87. The largest absolute Gasteiger partial charge is 0.131 e. The van der Waals surface area contributed by atoms with E-state index in [1.807, 2.05) is 0 Å². The molecule has 1 heteroatoms. The maximum Gasteiger partial charge on any atom is -0.0122 e. The van der Waals surface area contributed by atoms with Crippen LogP contribution in [0.15, 0.2) is 0 Å². The molecule has 0 saturated carbocycles. The average molecular weight is 525 g/mol. The molecule has 0 spiro atoms. The smallest absolute Gasteiger partial charge is 0.0122 e. The lowest BCUT2D eigenvalue weighted by Gasteiger charge is -2.39. The molecule has 0 aliphatic carbocycles. The average Bonchev–Trinajstić information content (AvgIpc) is 2.88. The van der Waals surface area contributed by atoms with Crippen LogP contribution in [0, 0.1) is 5.92 Å². The summed E-state index contributed by atoms with van der Waals surface area (Å²) < 4.78 is 0. The molecule has 0 radical (unpaired) electrons. The normalized spacial score (nSPS) is 12.9. The SMILES string of the molecule is CCCCCCCCCC(CCCCCCCC)C(P)(CCCCCCCC)CCCCCCCC. The molecule has 218 valence electrons. The quantitative estimate of drug-likeness (QED) is 0.0647. The summed E-state index contributed by atoms with van der Waals surface area (Å²) in [7, 11) is 3.53. The molecular formula is C35H73P. The first-order valence-corrected chi connectivity index (χ1v) is 18.0. The molecule has 0 aromatic rings. The molecule has 0 aromatic carbocycles. The van der Waals surface area contributed by atoms with E-state index in [-0.39, 0.29) is 0 Å². The zero-order valence-corrected chi connectivity index (χ0v) is 27.3. The molecule has 0 nitrogen and oxygen atoms in total. The summed E-state index contributed by atoms with van der Waals surface area (Å²) in [5.41, 5.74) is 0.